The average Bonchev–Trinajstić information content (AvgIpc) is 2.44. The minimum Gasteiger partial charge on any atom is -0.126 e. The molecule has 1 unspecified atom stereocenters. The van der Waals surface area contributed by atoms with E-state index in [1.54, 1.807) is 0 Å². The first-order valence-electron chi connectivity index (χ1n) is 6.95. The van der Waals surface area contributed by atoms with Crippen molar-refractivity contribution in [2.45, 2.75) is 26.7 Å². The second-order valence-corrected chi connectivity index (χ2v) is 6.17. The molecule has 0 bridgehead atoms. The van der Waals surface area contributed by atoms with E-state index in [0.29, 0.717) is 11.8 Å². The van der Waals surface area contributed by atoms with Gasteiger partial charge in [-0.25, -0.2) is 0 Å². The van der Waals surface area contributed by atoms with Crippen LogP contribution in [0.2, 0.25) is 5.02 Å². The molecular weight excluding hydrogens is 287 g/mol. The zero-order valence-corrected chi connectivity index (χ0v) is 13.5. The van der Waals surface area contributed by atoms with Crippen LogP contribution in [0.1, 0.15) is 22.3 Å². The first-order valence-corrected chi connectivity index (χ1v) is 7.87. The van der Waals surface area contributed by atoms with E-state index in [4.69, 9.17) is 23.2 Å². The number of rotatable bonds is 5. The van der Waals surface area contributed by atoms with Crippen molar-refractivity contribution in [3.8, 4) is 0 Å². The minimum absolute atomic E-state index is 0.456. The summed E-state index contributed by atoms with van der Waals surface area (Å²) in [5.41, 5.74) is 5.45. The Morgan fingerprint density at radius 3 is 2.05 bits per heavy atom. The Balaban J connectivity index is 2.11. The van der Waals surface area contributed by atoms with Crippen LogP contribution in [0.25, 0.3) is 0 Å². The zero-order chi connectivity index (χ0) is 14.5. The standard InChI is InChI=1S/C18H20Cl2/c1-13-4-3-5-14(2)18(13)11-16(12-19)10-15-6-8-17(20)9-7-15/h3-9,16H,10-12H2,1-2H3. The molecule has 0 aromatic heterocycles. The van der Waals surface area contributed by atoms with Gasteiger partial charge in [0.2, 0.25) is 0 Å². The molecule has 1 atom stereocenters. The monoisotopic (exact) mass is 306 g/mol. The molecular formula is C18H20Cl2. The Labute approximate surface area is 131 Å². The summed E-state index contributed by atoms with van der Waals surface area (Å²) in [5.74, 6) is 1.13. The van der Waals surface area contributed by atoms with Crippen molar-refractivity contribution in [2.24, 2.45) is 5.92 Å². The van der Waals surface area contributed by atoms with E-state index < -0.39 is 0 Å². The van der Waals surface area contributed by atoms with Crippen molar-refractivity contribution in [2.75, 3.05) is 5.88 Å². The maximum atomic E-state index is 6.18. The first kappa shape index (κ1) is 15.4. The smallest absolute Gasteiger partial charge is 0.0406 e. The summed E-state index contributed by atoms with van der Waals surface area (Å²) in [7, 11) is 0. The van der Waals surface area contributed by atoms with Crippen molar-refractivity contribution >= 4 is 23.2 Å². The summed E-state index contributed by atoms with van der Waals surface area (Å²) in [6, 6.07) is 14.5. The van der Waals surface area contributed by atoms with Crippen LogP contribution in [0, 0.1) is 19.8 Å². The Bertz CT molecular complexity index is 538. The Hall–Kier alpha value is -0.980. The average molecular weight is 307 g/mol. The van der Waals surface area contributed by atoms with Crippen LogP contribution in [0.3, 0.4) is 0 Å². The van der Waals surface area contributed by atoms with Gasteiger partial charge in [-0.05, 0) is 67.0 Å². The number of alkyl halides is 1. The SMILES string of the molecule is Cc1cccc(C)c1CC(CCl)Cc1ccc(Cl)cc1. The van der Waals surface area contributed by atoms with Gasteiger partial charge in [0.15, 0.2) is 0 Å². The van der Waals surface area contributed by atoms with E-state index in [9.17, 15) is 0 Å². The summed E-state index contributed by atoms with van der Waals surface area (Å²) >= 11 is 12.1. The van der Waals surface area contributed by atoms with Gasteiger partial charge in [-0.3, -0.25) is 0 Å². The molecule has 0 fully saturated rings. The molecule has 0 saturated heterocycles. The van der Waals surface area contributed by atoms with Crippen LogP contribution >= 0.6 is 23.2 Å². The number of hydrogen-bond donors (Lipinski definition) is 0. The third-order valence-electron chi connectivity index (χ3n) is 3.79. The Kier molecular flexibility index (Phi) is 5.51. The molecule has 2 heteroatoms. The highest BCUT2D eigenvalue weighted by atomic mass is 35.5. The number of benzene rings is 2. The second kappa shape index (κ2) is 7.15. The van der Waals surface area contributed by atoms with Crippen molar-refractivity contribution in [3.05, 3.63) is 69.7 Å². The fourth-order valence-corrected chi connectivity index (χ4v) is 2.94. The lowest BCUT2D eigenvalue weighted by Crippen LogP contribution is -2.12. The molecule has 2 aromatic carbocycles. The molecule has 0 nitrogen and oxygen atoms in total. The van der Waals surface area contributed by atoms with Crippen LogP contribution in [0.5, 0.6) is 0 Å². The van der Waals surface area contributed by atoms with Gasteiger partial charge in [0.1, 0.15) is 0 Å². The molecule has 0 amide bonds. The van der Waals surface area contributed by atoms with Gasteiger partial charge < -0.3 is 0 Å². The van der Waals surface area contributed by atoms with Gasteiger partial charge in [-0.2, -0.15) is 0 Å². The molecule has 2 rings (SSSR count). The van der Waals surface area contributed by atoms with Gasteiger partial charge >= 0.3 is 0 Å². The molecule has 0 heterocycles. The molecule has 0 aliphatic heterocycles. The normalized spacial score (nSPS) is 12.4. The van der Waals surface area contributed by atoms with Gasteiger partial charge in [-0.15, -0.1) is 11.6 Å². The van der Waals surface area contributed by atoms with Gasteiger partial charge in [-0.1, -0.05) is 41.9 Å². The van der Waals surface area contributed by atoms with Crippen molar-refractivity contribution in [1.29, 1.82) is 0 Å². The largest absolute Gasteiger partial charge is 0.126 e. The highest BCUT2D eigenvalue weighted by molar-refractivity contribution is 6.30. The van der Waals surface area contributed by atoms with Crippen molar-refractivity contribution < 1.29 is 0 Å². The van der Waals surface area contributed by atoms with E-state index >= 15 is 0 Å². The molecule has 0 saturated carbocycles. The predicted octanol–water partition coefficient (Wildman–Crippen LogP) is 5.60. The molecule has 2 aromatic rings. The highest BCUT2D eigenvalue weighted by Crippen LogP contribution is 2.22. The first-order chi connectivity index (χ1) is 9.60. The van der Waals surface area contributed by atoms with E-state index in [1.807, 2.05) is 12.1 Å². The molecule has 0 N–H and O–H groups in total. The summed E-state index contributed by atoms with van der Waals surface area (Å²) in [5, 5.41) is 0.783. The summed E-state index contributed by atoms with van der Waals surface area (Å²) in [4.78, 5) is 0. The molecule has 20 heavy (non-hydrogen) atoms. The lowest BCUT2D eigenvalue weighted by Gasteiger charge is -2.17. The van der Waals surface area contributed by atoms with Crippen molar-refractivity contribution in [1.82, 2.24) is 0 Å². The second-order valence-electron chi connectivity index (χ2n) is 5.43. The predicted molar refractivity (Wildman–Crippen MR) is 89.0 cm³/mol. The number of hydrogen-bond acceptors (Lipinski definition) is 0. The maximum absolute atomic E-state index is 6.18. The molecule has 0 aliphatic rings. The molecule has 0 aliphatic carbocycles. The lowest BCUT2D eigenvalue weighted by atomic mass is 9.90. The van der Waals surface area contributed by atoms with E-state index in [0.717, 1.165) is 17.9 Å². The van der Waals surface area contributed by atoms with Crippen LogP contribution in [-0.4, -0.2) is 5.88 Å². The Morgan fingerprint density at radius 2 is 1.50 bits per heavy atom. The van der Waals surface area contributed by atoms with Crippen LogP contribution in [0.4, 0.5) is 0 Å². The van der Waals surface area contributed by atoms with Crippen LogP contribution in [0.15, 0.2) is 42.5 Å². The third kappa shape index (κ3) is 4.01. The molecule has 106 valence electrons. The summed E-state index contributed by atoms with van der Waals surface area (Å²) in [6.07, 6.45) is 2.03. The van der Waals surface area contributed by atoms with Gasteiger partial charge in [0.05, 0.1) is 0 Å². The van der Waals surface area contributed by atoms with E-state index in [2.05, 4.69) is 44.2 Å². The lowest BCUT2D eigenvalue weighted by molar-refractivity contribution is 0.580. The molecule has 0 spiro atoms. The number of halogens is 2. The Morgan fingerprint density at radius 1 is 0.900 bits per heavy atom. The van der Waals surface area contributed by atoms with Gasteiger partial charge in [0, 0.05) is 10.9 Å². The third-order valence-corrected chi connectivity index (χ3v) is 4.48. The summed E-state index contributed by atoms with van der Waals surface area (Å²) in [6.45, 7) is 4.35. The highest BCUT2D eigenvalue weighted by Gasteiger charge is 2.12. The topological polar surface area (TPSA) is 0 Å². The molecule has 0 radical (unpaired) electrons. The fourth-order valence-electron chi connectivity index (χ4n) is 2.59. The summed E-state index contributed by atoms with van der Waals surface area (Å²) < 4.78 is 0. The van der Waals surface area contributed by atoms with Crippen molar-refractivity contribution in [3.63, 3.8) is 0 Å². The fraction of sp³-hybridized carbons (Fsp3) is 0.333. The zero-order valence-electron chi connectivity index (χ0n) is 12.0. The van der Waals surface area contributed by atoms with Gasteiger partial charge in [0.25, 0.3) is 0 Å². The van der Waals surface area contributed by atoms with Crippen LogP contribution in [-0.2, 0) is 12.8 Å². The maximum Gasteiger partial charge on any atom is 0.0406 e. The quantitative estimate of drug-likeness (QED) is 0.631. The minimum atomic E-state index is 0.456. The number of aryl methyl sites for hydroxylation is 2. The van der Waals surface area contributed by atoms with Crippen LogP contribution < -0.4 is 0 Å². The van der Waals surface area contributed by atoms with E-state index in [1.165, 1.54) is 22.3 Å². The van der Waals surface area contributed by atoms with E-state index in [-0.39, 0.29) is 0 Å².